The van der Waals surface area contributed by atoms with E-state index in [2.05, 4.69) is 22.6 Å². The molecule has 0 heterocycles. The van der Waals surface area contributed by atoms with Gasteiger partial charge in [0.2, 0.25) is 5.82 Å². The molecular formula is C27H20F4O5. The lowest BCUT2D eigenvalue weighted by Crippen LogP contribution is -2.24. The van der Waals surface area contributed by atoms with E-state index in [9.17, 15) is 27.2 Å². The van der Waals surface area contributed by atoms with Gasteiger partial charge in [-0.25, -0.2) is 14.0 Å². The van der Waals surface area contributed by atoms with Gasteiger partial charge in [-0.15, -0.1) is 0 Å². The Morgan fingerprint density at radius 1 is 0.694 bits per heavy atom. The highest BCUT2D eigenvalue weighted by Gasteiger charge is 2.39. The fourth-order valence-corrected chi connectivity index (χ4v) is 2.85. The van der Waals surface area contributed by atoms with Gasteiger partial charge in [0.1, 0.15) is 17.1 Å². The fraction of sp³-hybridized carbons (Fsp3) is 0.111. The monoisotopic (exact) mass is 500 g/mol. The number of esters is 2. The van der Waals surface area contributed by atoms with Crippen molar-refractivity contribution in [1.29, 1.82) is 0 Å². The van der Waals surface area contributed by atoms with Gasteiger partial charge in [-0.05, 0) is 61.4 Å². The third kappa shape index (κ3) is 5.99. The van der Waals surface area contributed by atoms with Crippen molar-refractivity contribution >= 4 is 11.9 Å². The lowest BCUT2D eigenvalue weighted by Gasteiger charge is -2.20. The Hall–Kier alpha value is -4.40. The highest BCUT2D eigenvalue weighted by Crippen LogP contribution is 2.37. The summed E-state index contributed by atoms with van der Waals surface area (Å²) in [5.41, 5.74) is 0.106. The minimum Gasteiger partial charge on any atom is -0.429 e. The summed E-state index contributed by atoms with van der Waals surface area (Å²) in [7, 11) is 0. The van der Waals surface area contributed by atoms with Gasteiger partial charge in [-0.2, -0.15) is 13.2 Å². The van der Waals surface area contributed by atoms with Crippen LogP contribution < -0.4 is 14.2 Å². The number of hydrogen-bond donors (Lipinski definition) is 0. The summed E-state index contributed by atoms with van der Waals surface area (Å²) in [5.74, 6) is -6.15. The number of rotatable bonds is 8. The summed E-state index contributed by atoms with van der Waals surface area (Å²) >= 11 is 0. The number of carbonyl (C=O) groups is 2. The number of hydrogen-bond acceptors (Lipinski definition) is 5. The van der Waals surface area contributed by atoms with Crippen LogP contribution in [0.1, 0.15) is 19.4 Å². The molecule has 0 spiro atoms. The molecule has 36 heavy (non-hydrogen) atoms. The van der Waals surface area contributed by atoms with E-state index in [1.165, 1.54) is 38.1 Å². The quantitative estimate of drug-likeness (QED) is 0.149. The Kier molecular flexibility index (Phi) is 7.62. The van der Waals surface area contributed by atoms with Crippen LogP contribution >= 0.6 is 0 Å². The first-order valence-corrected chi connectivity index (χ1v) is 10.4. The first kappa shape index (κ1) is 26.2. The Bertz CT molecular complexity index is 1330. The minimum atomic E-state index is -4.24. The van der Waals surface area contributed by atoms with Gasteiger partial charge in [-0.1, -0.05) is 37.4 Å². The molecule has 0 unspecified atom stereocenters. The molecule has 3 rings (SSSR count). The maximum Gasteiger partial charge on any atom is 0.429 e. The van der Waals surface area contributed by atoms with Crippen molar-refractivity contribution < 1.29 is 41.4 Å². The van der Waals surface area contributed by atoms with Crippen LogP contribution in [0.3, 0.4) is 0 Å². The highest BCUT2D eigenvalue weighted by molar-refractivity contribution is 5.89. The summed E-state index contributed by atoms with van der Waals surface area (Å²) in [5, 5.41) is 0. The van der Waals surface area contributed by atoms with Crippen molar-refractivity contribution in [3.05, 3.63) is 102 Å². The molecule has 0 saturated carbocycles. The predicted molar refractivity (Wildman–Crippen MR) is 124 cm³/mol. The second kappa shape index (κ2) is 10.5. The molecule has 3 aromatic carbocycles. The molecule has 0 bridgehead atoms. The van der Waals surface area contributed by atoms with Gasteiger partial charge in [-0.3, -0.25) is 0 Å². The van der Waals surface area contributed by atoms with Gasteiger partial charge in [0.05, 0.1) is 0 Å². The zero-order chi connectivity index (χ0) is 26.6. The molecule has 0 fully saturated rings. The third-order valence-corrected chi connectivity index (χ3v) is 4.76. The Labute approximate surface area is 204 Å². The number of ether oxygens (including phenoxy) is 3. The molecule has 9 heteroatoms. The van der Waals surface area contributed by atoms with Gasteiger partial charge in [0.15, 0.2) is 11.6 Å². The van der Waals surface area contributed by atoms with Crippen molar-refractivity contribution in [2.75, 3.05) is 0 Å². The van der Waals surface area contributed by atoms with Crippen molar-refractivity contribution in [2.45, 2.75) is 20.0 Å². The molecule has 0 aromatic heterocycles. The first-order chi connectivity index (χ1) is 16.9. The molecule has 0 N–H and O–H groups in total. The fourth-order valence-electron chi connectivity index (χ4n) is 2.85. The summed E-state index contributed by atoms with van der Waals surface area (Å²) in [6.45, 7) is 9.60. The summed E-state index contributed by atoms with van der Waals surface area (Å²) < 4.78 is 72.2. The Balaban J connectivity index is 1.75. The van der Waals surface area contributed by atoms with E-state index in [1.54, 1.807) is 24.3 Å². The SMILES string of the molecule is C=C(C)C(=O)Oc1ccc(-c2ccc(OC(F)(F)c3ccc(OC(=O)C(=C)C)c(F)c3F)cc2)cc1. The lowest BCUT2D eigenvalue weighted by molar-refractivity contribution is -0.187. The molecular weight excluding hydrogens is 480 g/mol. The normalized spacial score (nSPS) is 10.9. The maximum absolute atomic E-state index is 14.6. The van der Waals surface area contributed by atoms with Crippen molar-refractivity contribution in [1.82, 2.24) is 0 Å². The standard InChI is InChI=1S/C27H20F4O5/c1-15(2)25(32)34-19-9-5-17(6-10-19)18-7-11-20(12-8-18)36-27(30,31)21-13-14-22(24(29)23(21)28)35-26(33)16(3)4/h5-14H,1,3H2,2,4H3. The Morgan fingerprint density at radius 2 is 1.17 bits per heavy atom. The molecule has 0 saturated heterocycles. The van der Waals surface area contributed by atoms with Crippen LogP contribution in [0.25, 0.3) is 11.1 Å². The van der Waals surface area contributed by atoms with E-state index < -0.39 is 41.0 Å². The van der Waals surface area contributed by atoms with Crippen LogP contribution in [-0.2, 0) is 15.7 Å². The summed E-state index contributed by atoms with van der Waals surface area (Å²) in [4.78, 5) is 23.1. The summed E-state index contributed by atoms with van der Waals surface area (Å²) in [6.07, 6.45) is -4.24. The molecule has 3 aromatic rings. The second-order valence-electron chi connectivity index (χ2n) is 7.75. The van der Waals surface area contributed by atoms with Crippen molar-refractivity contribution in [2.24, 2.45) is 0 Å². The maximum atomic E-state index is 14.6. The molecule has 0 aliphatic rings. The number of alkyl halides is 2. The number of halogens is 4. The topological polar surface area (TPSA) is 61.8 Å². The molecule has 5 nitrogen and oxygen atoms in total. The van der Waals surface area contributed by atoms with Gasteiger partial charge < -0.3 is 14.2 Å². The van der Waals surface area contributed by atoms with Crippen LogP contribution in [0.2, 0.25) is 0 Å². The second-order valence-corrected chi connectivity index (χ2v) is 7.75. The van der Waals surface area contributed by atoms with Crippen LogP contribution in [0.15, 0.2) is 85.0 Å². The van der Waals surface area contributed by atoms with Gasteiger partial charge in [0.25, 0.3) is 0 Å². The van der Waals surface area contributed by atoms with E-state index in [4.69, 9.17) is 4.74 Å². The zero-order valence-electron chi connectivity index (χ0n) is 19.2. The highest BCUT2D eigenvalue weighted by atomic mass is 19.3. The molecule has 0 amide bonds. The average Bonchev–Trinajstić information content (AvgIpc) is 2.82. The lowest BCUT2D eigenvalue weighted by atomic mass is 10.1. The molecule has 0 aliphatic heterocycles. The van der Waals surface area contributed by atoms with E-state index in [0.29, 0.717) is 29.0 Å². The number of carbonyl (C=O) groups excluding carboxylic acids is 2. The van der Waals surface area contributed by atoms with Crippen LogP contribution in [0.5, 0.6) is 17.2 Å². The predicted octanol–water partition coefficient (Wildman–Crippen LogP) is 6.72. The first-order valence-electron chi connectivity index (χ1n) is 10.4. The molecule has 0 aliphatic carbocycles. The molecule has 0 radical (unpaired) electrons. The Morgan fingerprint density at radius 3 is 1.67 bits per heavy atom. The van der Waals surface area contributed by atoms with Gasteiger partial charge >= 0.3 is 18.0 Å². The zero-order valence-corrected chi connectivity index (χ0v) is 19.2. The van der Waals surface area contributed by atoms with E-state index in [-0.39, 0.29) is 16.9 Å². The molecule has 0 atom stereocenters. The van der Waals surface area contributed by atoms with E-state index in [1.807, 2.05) is 0 Å². The smallest absolute Gasteiger partial charge is 0.429 e. The van der Waals surface area contributed by atoms with Gasteiger partial charge in [0, 0.05) is 11.1 Å². The summed E-state index contributed by atoms with van der Waals surface area (Å²) in [6, 6.07) is 13.1. The van der Waals surface area contributed by atoms with Crippen molar-refractivity contribution in [3.8, 4) is 28.4 Å². The van der Waals surface area contributed by atoms with Crippen LogP contribution in [0.4, 0.5) is 17.6 Å². The van der Waals surface area contributed by atoms with Crippen LogP contribution in [-0.4, -0.2) is 11.9 Å². The molecule has 186 valence electrons. The third-order valence-electron chi connectivity index (χ3n) is 4.76. The largest absolute Gasteiger partial charge is 0.429 e. The number of benzene rings is 3. The minimum absolute atomic E-state index is 0.0850. The van der Waals surface area contributed by atoms with E-state index in [0.717, 1.165) is 0 Å². The van der Waals surface area contributed by atoms with Crippen LogP contribution in [0, 0.1) is 11.6 Å². The average molecular weight is 500 g/mol. The van der Waals surface area contributed by atoms with E-state index >= 15 is 0 Å². The van der Waals surface area contributed by atoms with Crippen molar-refractivity contribution in [3.63, 3.8) is 0 Å².